The zero-order valence-electron chi connectivity index (χ0n) is 18.0. The van der Waals surface area contributed by atoms with Gasteiger partial charge in [-0.15, -0.1) is 0 Å². The Labute approximate surface area is 205 Å². The van der Waals surface area contributed by atoms with Gasteiger partial charge < -0.3 is 14.9 Å². The smallest absolute Gasteiger partial charge is 0.295 e. The molecule has 0 spiro atoms. The molecular weight excluding hydrogens is 476 g/mol. The third-order valence-electron chi connectivity index (χ3n) is 6.06. The molecule has 0 aliphatic carbocycles. The van der Waals surface area contributed by atoms with E-state index in [9.17, 15) is 20.0 Å². The Balaban J connectivity index is 1.50. The Morgan fingerprint density at radius 3 is 2.71 bits per heavy atom. The first kappa shape index (κ1) is 22.6. The molecule has 2 aliphatic heterocycles. The number of pyridine rings is 1. The summed E-state index contributed by atoms with van der Waals surface area (Å²) in [6, 6.07) is 15.4. The molecule has 2 aliphatic rings. The highest BCUT2D eigenvalue weighted by atomic mass is 35.5. The molecule has 0 bridgehead atoms. The molecule has 0 radical (unpaired) electrons. The standard InChI is InChI=1S/C24H21ClN4O4S/c25-16-6-8-19(9-7-16)34-21-5-1-4-20(22(21)29(32)33)24(31)27-12-15-3-2-10-26-23(15)28-14-18(30)11-17(28)13-27/h1-10,17-18,30H,11-14H2/t17-,18-/m1/s1. The van der Waals surface area contributed by atoms with Gasteiger partial charge in [0.05, 0.1) is 22.0 Å². The monoisotopic (exact) mass is 496 g/mol. The largest absolute Gasteiger partial charge is 0.391 e. The zero-order chi connectivity index (χ0) is 23.8. The fourth-order valence-corrected chi connectivity index (χ4v) is 5.66. The van der Waals surface area contributed by atoms with Gasteiger partial charge in [0.2, 0.25) is 0 Å². The van der Waals surface area contributed by atoms with Crippen LogP contribution in [-0.4, -0.2) is 51.1 Å². The number of aromatic nitrogens is 1. The van der Waals surface area contributed by atoms with Gasteiger partial charge in [-0.05, 0) is 48.9 Å². The molecular formula is C24H21ClN4O4S. The van der Waals surface area contributed by atoms with Crippen molar-refractivity contribution in [2.45, 2.75) is 34.9 Å². The number of amides is 1. The highest BCUT2D eigenvalue weighted by Crippen LogP contribution is 2.39. The number of carbonyl (C=O) groups is 1. The molecule has 2 aromatic carbocycles. The predicted molar refractivity (Wildman–Crippen MR) is 129 cm³/mol. The van der Waals surface area contributed by atoms with Crippen LogP contribution in [0.25, 0.3) is 0 Å². The maximum Gasteiger partial charge on any atom is 0.295 e. The van der Waals surface area contributed by atoms with E-state index in [1.165, 1.54) is 17.8 Å². The molecule has 34 heavy (non-hydrogen) atoms. The summed E-state index contributed by atoms with van der Waals surface area (Å²) >= 11 is 7.17. The summed E-state index contributed by atoms with van der Waals surface area (Å²) in [4.78, 5) is 34.6. The van der Waals surface area contributed by atoms with Crippen molar-refractivity contribution in [2.24, 2.45) is 0 Å². The van der Waals surface area contributed by atoms with E-state index in [0.29, 0.717) is 29.4 Å². The number of benzene rings is 2. The summed E-state index contributed by atoms with van der Waals surface area (Å²) in [6.07, 6.45) is 1.69. The molecule has 8 nitrogen and oxygen atoms in total. The van der Waals surface area contributed by atoms with Crippen molar-refractivity contribution in [1.82, 2.24) is 9.88 Å². The summed E-state index contributed by atoms with van der Waals surface area (Å²) in [5.74, 6) is 0.337. The lowest BCUT2D eigenvalue weighted by Crippen LogP contribution is -2.40. The number of para-hydroxylation sites is 1. The SMILES string of the molecule is O=C(c1cccc(Sc2ccc(Cl)cc2)c1[N+](=O)[O-])N1Cc2cccnc2N2C[C@H](O)C[C@@H]2C1. The Kier molecular flexibility index (Phi) is 6.16. The number of nitro groups is 1. The second kappa shape index (κ2) is 9.25. The van der Waals surface area contributed by atoms with Crippen LogP contribution in [0, 0.1) is 10.1 Å². The van der Waals surface area contributed by atoms with Gasteiger partial charge in [-0.1, -0.05) is 35.5 Å². The van der Waals surface area contributed by atoms with Gasteiger partial charge in [0.15, 0.2) is 0 Å². The molecule has 2 atom stereocenters. The molecule has 3 heterocycles. The van der Waals surface area contributed by atoms with E-state index in [1.54, 1.807) is 53.6 Å². The number of hydrogen-bond donors (Lipinski definition) is 1. The van der Waals surface area contributed by atoms with E-state index >= 15 is 0 Å². The molecule has 0 unspecified atom stereocenters. The van der Waals surface area contributed by atoms with Gasteiger partial charge in [0.1, 0.15) is 11.4 Å². The number of aliphatic hydroxyl groups is 1. The van der Waals surface area contributed by atoms with Crippen molar-refractivity contribution in [1.29, 1.82) is 0 Å². The quantitative estimate of drug-likeness (QED) is 0.422. The van der Waals surface area contributed by atoms with Crippen LogP contribution in [0.2, 0.25) is 5.02 Å². The van der Waals surface area contributed by atoms with Gasteiger partial charge in [-0.2, -0.15) is 0 Å². The van der Waals surface area contributed by atoms with Crippen LogP contribution < -0.4 is 4.90 Å². The summed E-state index contributed by atoms with van der Waals surface area (Å²) in [5.41, 5.74) is 0.676. The molecule has 3 aromatic rings. The minimum Gasteiger partial charge on any atom is -0.391 e. The molecule has 1 aromatic heterocycles. The minimum atomic E-state index is -0.511. The number of fused-ring (bicyclic) bond motifs is 3. The van der Waals surface area contributed by atoms with Gasteiger partial charge in [0, 0.05) is 41.3 Å². The van der Waals surface area contributed by atoms with E-state index in [2.05, 4.69) is 4.98 Å². The topological polar surface area (TPSA) is 99.8 Å². The van der Waals surface area contributed by atoms with Crippen LogP contribution in [0.1, 0.15) is 22.3 Å². The Morgan fingerprint density at radius 2 is 1.94 bits per heavy atom. The third-order valence-corrected chi connectivity index (χ3v) is 7.37. The third kappa shape index (κ3) is 4.34. The summed E-state index contributed by atoms with van der Waals surface area (Å²) < 4.78 is 0. The van der Waals surface area contributed by atoms with Gasteiger partial charge in [-0.25, -0.2) is 4.98 Å². The second-order valence-electron chi connectivity index (χ2n) is 8.33. The van der Waals surface area contributed by atoms with E-state index in [4.69, 9.17) is 11.6 Å². The number of carbonyl (C=O) groups excluding carboxylic acids is 1. The van der Waals surface area contributed by atoms with Crippen molar-refractivity contribution in [3.8, 4) is 0 Å². The highest BCUT2D eigenvalue weighted by molar-refractivity contribution is 7.99. The van der Waals surface area contributed by atoms with Gasteiger partial charge in [-0.3, -0.25) is 14.9 Å². The van der Waals surface area contributed by atoms with E-state index in [1.807, 2.05) is 11.0 Å². The van der Waals surface area contributed by atoms with Crippen LogP contribution in [0.15, 0.2) is 70.6 Å². The first-order chi connectivity index (χ1) is 16.4. The molecule has 5 rings (SSSR count). The minimum absolute atomic E-state index is 0.0430. The number of nitro benzene ring substituents is 1. The number of anilines is 1. The van der Waals surface area contributed by atoms with Crippen LogP contribution in [-0.2, 0) is 6.54 Å². The molecule has 1 N–H and O–H groups in total. The maximum absolute atomic E-state index is 13.7. The number of hydrogen-bond acceptors (Lipinski definition) is 7. The average Bonchev–Trinajstić information content (AvgIpc) is 3.12. The molecule has 174 valence electrons. The summed E-state index contributed by atoms with van der Waals surface area (Å²) in [5, 5.41) is 22.9. The number of aliphatic hydroxyl groups excluding tert-OH is 1. The number of halogens is 1. The Morgan fingerprint density at radius 1 is 1.15 bits per heavy atom. The van der Waals surface area contributed by atoms with E-state index in [-0.39, 0.29) is 23.8 Å². The first-order valence-electron chi connectivity index (χ1n) is 10.8. The van der Waals surface area contributed by atoms with Gasteiger partial charge in [0.25, 0.3) is 11.6 Å². The molecule has 1 saturated heterocycles. The van der Waals surface area contributed by atoms with Crippen LogP contribution in [0.4, 0.5) is 11.5 Å². The van der Waals surface area contributed by atoms with E-state index in [0.717, 1.165) is 16.3 Å². The van der Waals surface area contributed by atoms with Crippen molar-refractivity contribution in [3.05, 3.63) is 87.1 Å². The van der Waals surface area contributed by atoms with Crippen LogP contribution in [0.5, 0.6) is 0 Å². The average molecular weight is 497 g/mol. The number of nitrogens with zero attached hydrogens (tertiary/aromatic N) is 4. The van der Waals surface area contributed by atoms with Crippen molar-refractivity contribution >= 4 is 40.8 Å². The second-order valence-corrected chi connectivity index (χ2v) is 9.88. The fourth-order valence-electron chi connectivity index (χ4n) is 4.58. The molecule has 10 heteroatoms. The molecule has 1 fully saturated rings. The normalized spacial score (nSPS) is 19.4. The lowest BCUT2D eigenvalue weighted by atomic mass is 10.1. The summed E-state index contributed by atoms with van der Waals surface area (Å²) in [6.45, 7) is 1.08. The summed E-state index contributed by atoms with van der Waals surface area (Å²) in [7, 11) is 0. The maximum atomic E-state index is 13.7. The first-order valence-corrected chi connectivity index (χ1v) is 12.0. The highest BCUT2D eigenvalue weighted by Gasteiger charge is 2.39. The van der Waals surface area contributed by atoms with Crippen LogP contribution in [0.3, 0.4) is 0 Å². The predicted octanol–water partition coefficient (Wildman–Crippen LogP) is 4.39. The van der Waals surface area contributed by atoms with Crippen molar-refractivity contribution in [3.63, 3.8) is 0 Å². The van der Waals surface area contributed by atoms with E-state index < -0.39 is 16.9 Å². The lowest BCUT2D eigenvalue weighted by Gasteiger charge is -2.26. The lowest BCUT2D eigenvalue weighted by molar-refractivity contribution is -0.388. The molecule has 1 amide bonds. The van der Waals surface area contributed by atoms with Crippen LogP contribution >= 0.6 is 23.4 Å². The van der Waals surface area contributed by atoms with Crippen molar-refractivity contribution in [2.75, 3.05) is 18.0 Å². The fraction of sp³-hybridized carbons (Fsp3) is 0.250. The zero-order valence-corrected chi connectivity index (χ0v) is 19.6. The van der Waals surface area contributed by atoms with Crippen molar-refractivity contribution < 1.29 is 14.8 Å². The van der Waals surface area contributed by atoms with Gasteiger partial charge >= 0.3 is 0 Å². The number of rotatable bonds is 4. The Bertz CT molecular complexity index is 1260. The molecule has 0 saturated carbocycles. The Hall–Kier alpha value is -3.14.